The molecule has 0 fully saturated rings. The maximum absolute atomic E-state index is 13.7. The van der Waals surface area contributed by atoms with Crippen LogP contribution in [-0.4, -0.2) is 40.6 Å². The summed E-state index contributed by atoms with van der Waals surface area (Å²) in [6.45, 7) is 9.75. The number of guanidine groups is 1. The normalized spacial score (nSPS) is 12.9. The summed E-state index contributed by atoms with van der Waals surface area (Å²) < 4.78 is 15.6. The van der Waals surface area contributed by atoms with Crippen LogP contribution < -0.4 is 10.6 Å². The molecule has 0 aliphatic heterocycles. The van der Waals surface area contributed by atoms with E-state index in [9.17, 15) is 4.39 Å². The minimum absolute atomic E-state index is 0.174. The fourth-order valence-corrected chi connectivity index (χ4v) is 3.68. The summed E-state index contributed by atoms with van der Waals surface area (Å²) in [6.07, 6.45) is 0.889. The number of halogens is 1. The zero-order valence-electron chi connectivity index (χ0n) is 16.8. The number of thioether (sulfide) groups is 1. The van der Waals surface area contributed by atoms with Gasteiger partial charge in [0.25, 0.3) is 0 Å². The van der Waals surface area contributed by atoms with Crippen molar-refractivity contribution in [3.8, 4) is 0 Å². The lowest BCUT2D eigenvalue weighted by atomic mass is 10.1. The van der Waals surface area contributed by atoms with Crippen LogP contribution in [0.25, 0.3) is 0 Å². The highest BCUT2D eigenvalue weighted by Crippen LogP contribution is 2.20. The van der Waals surface area contributed by atoms with Gasteiger partial charge in [0.05, 0.1) is 12.2 Å². The molecule has 0 saturated heterocycles. The summed E-state index contributed by atoms with van der Waals surface area (Å²) in [5, 5.41) is 11.2. The summed E-state index contributed by atoms with van der Waals surface area (Å²) >= 11 is 1.49. The molecule has 5 nitrogen and oxygen atoms in total. The molecule has 0 aliphatic carbocycles. The van der Waals surface area contributed by atoms with E-state index in [1.54, 1.807) is 12.1 Å². The third-order valence-electron chi connectivity index (χ3n) is 4.35. The van der Waals surface area contributed by atoms with Crippen LogP contribution in [0, 0.1) is 19.7 Å². The zero-order chi connectivity index (χ0) is 19.8. The molecular formula is C20H30FN5S. The van der Waals surface area contributed by atoms with Crippen molar-refractivity contribution in [2.24, 2.45) is 12.0 Å². The predicted molar refractivity (Wildman–Crippen MR) is 112 cm³/mol. The van der Waals surface area contributed by atoms with Gasteiger partial charge in [-0.05, 0) is 51.8 Å². The highest BCUT2D eigenvalue weighted by atomic mass is 32.2. The van der Waals surface area contributed by atoms with Crippen LogP contribution in [0.1, 0.15) is 30.8 Å². The Morgan fingerprint density at radius 1 is 1.33 bits per heavy atom. The summed E-state index contributed by atoms with van der Waals surface area (Å²) in [6, 6.07) is 7.07. The molecule has 1 aromatic carbocycles. The number of nitrogens with one attached hydrogen (secondary N) is 2. The minimum Gasteiger partial charge on any atom is -0.357 e. The molecule has 148 valence electrons. The molecule has 2 N–H and O–H groups in total. The number of aromatic nitrogens is 2. The highest BCUT2D eigenvalue weighted by Gasteiger charge is 2.14. The smallest absolute Gasteiger partial charge is 0.191 e. The van der Waals surface area contributed by atoms with E-state index in [1.165, 1.54) is 29.1 Å². The number of aryl methyl sites for hydroxylation is 2. The Kier molecular flexibility index (Phi) is 8.16. The SMILES string of the molecule is CCNC(=NCCSc1ccccc1F)NC(C)Cc1c(C)nn(C)c1C. The van der Waals surface area contributed by atoms with Gasteiger partial charge in [-0.1, -0.05) is 12.1 Å². The van der Waals surface area contributed by atoms with E-state index < -0.39 is 0 Å². The largest absolute Gasteiger partial charge is 0.357 e. The quantitative estimate of drug-likeness (QED) is 0.313. The van der Waals surface area contributed by atoms with E-state index in [0.717, 1.165) is 30.4 Å². The molecule has 0 radical (unpaired) electrons. The maximum atomic E-state index is 13.7. The van der Waals surface area contributed by atoms with Crippen LogP contribution in [0.5, 0.6) is 0 Å². The average molecular weight is 392 g/mol. The van der Waals surface area contributed by atoms with Crippen LogP contribution in [0.2, 0.25) is 0 Å². The minimum atomic E-state index is -0.174. The average Bonchev–Trinajstić information content (AvgIpc) is 2.86. The lowest BCUT2D eigenvalue weighted by molar-refractivity contribution is 0.602. The summed E-state index contributed by atoms with van der Waals surface area (Å²) in [5.74, 6) is 1.35. The molecule has 1 aromatic heterocycles. The molecule has 0 bridgehead atoms. The molecule has 1 heterocycles. The van der Waals surface area contributed by atoms with Gasteiger partial charge in [0, 0.05) is 36.0 Å². The second kappa shape index (κ2) is 10.3. The lowest BCUT2D eigenvalue weighted by Gasteiger charge is -2.18. The van der Waals surface area contributed by atoms with Crippen molar-refractivity contribution in [2.45, 2.75) is 45.1 Å². The number of nitrogens with zero attached hydrogens (tertiary/aromatic N) is 3. The van der Waals surface area contributed by atoms with Crippen molar-refractivity contribution in [1.82, 2.24) is 20.4 Å². The van der Waals surface area contributed by atoms with E-state index >= 15 is 0 Å². The Morgan fingerprint density at radius 3 is 2.70 bits per heavy atom. The van der Waals surface area contributed by atoms with Gasteiger partial charge in [-0.2, -0.15) is 5.10 Å². The maximum Gasteiger partial charge on any atom is 0.191 e. The molecule has 7 heteroatoms. The van der Waals surface area contributed by atoms with Crippen molar-refractivity contribution in [1.29, 1.82) is 0 Å². The highest BCUT2D eigenvalue weighted by molar-refractivity contribution is 7.99. The number of aliphatic imine (C=N–C) groups is 1. The fourth-order valence-electron chi connectivity index (χ4n) is 2.90. The van der Waals surface area contributed by atoms with Crippen LogP contribution in [0.3, 0.4) is 0 Å². The summed E-state index contributed by atoms with van der Waals surface area (Å²) in [4.78, 5) is 5.29. The first-order chi connectivity index (χ1) is 12.9. The Bertz CT molecular complexity index is 772. The molecule has 1 atom stereocenters. The van der Waals surface area contributed by atoms with Gasteiger partial charge in [0.1, 0.15) is 5.82 Å². The predicted octanol–water partition coefficient (Wildman–Crippen LogP) is 3.45. The molecular weight excluding hydrogens is 361 g/mol. The van der Waals surface area contributed by atoms with Crippen LogP contribution in [-0.2, 0) is 13.5 Å². The zero-order valence-corrected chi connectivity index (χ0v) is 17.7. The molecule has 27 heavy (non-hydrogen) atoms. The Morgan fingerprint density at radius 2 is 2.07 bits per heavy atom. The van der Waals surface area contributed by atoms with E-state index in [1.807, 2.05) is 31.6 Å². The van der Waals surface area contributed by atoms with Crippen molar-refractivity contribution in [3.63, 3.8) is 0 Å². The van der Waals surface area contributed by atoms with E-state index in [2.05, 4.69) is 34.6 Å². The Balaban J connectivity index is 1.89. The second-order valence-corrected chi connectivity index (χ2v) is 7.70. The van der Waals surface area contributed by atoms with Gasteiger partial charge < -0.3 is 10.6 Å². The van der Waals surface area contributed by atoms with Gasteiger partial charge >= 0.3 is 0 Å². The van der Waals surface area contributed by atoms with Gasteiger partial charge in [-0.25, -0.2) is 4.39 Å². The molecule has 1 unspecified atom stereocenters. The number of rotatable bonds is 8. The summed E-state index contributed by atoms with van der Waals surface area (Å²) in [7, 11) is 1.97. The first-order valence-corrected chi connectivity index (χ1v) is 10.3. The molecule has 2 rings (SSSR count). The first kappa shape index (κ1) is 21.3. The molecule has 0 amide bonds. The number of hydrogen-bond donors (Lipinski definition) is 2. The lowest BCUT2D eigenvalue weighted by Crippen LogP contribution is -2.43. The molecule has 0 spiro atoms. The van der Waals surface area contributed by atoms with Crippen molar-refractivity contribution in [2.75, 3.05) is 18.8 Å². The third kappa shape index (κ3) is 6.27. The van der Waals surface area contributed by atoms with Crippen molar-refractivity contribution >= 4 is 17.7 Å². The Labute approximate surface area is 165 Å². The fraction of sp³-hybridized carbons (Fsp3) is 0.500. The summed E-state index contributed by atoms with van der Waals surface area (Å²) in [5.41, 5.74) is 3.56. The van der Waals surface area contributed by atoms with Crippen molar-refractivity contribution < 1.29 is 4.39 Å². The second-order valence-electron chi connectivity index (χ2n) is 6.56. The molecule has 2 aromatic rings. The monoisotopic (exact) mass is 391 g/mol. The van der Waals surface area contributed by atoms with E-state index in [0.29, 0.717) is 11.4 Å². The van der Waals surface area contributed by atoms with E-state index in [-0.39, 0.29) is 11.9 Å². The Hall–Kier alpha value is -2.02. The van der Waals surface area contributed by atoms with Gasteiger partial charge in [0.15, 0.2) is 5.96 Å². The number of hydrogen-bond acceptors (Lipinski definition) is 3. The third-order valence-corrected chi connectivity index (χ3v) is 5.38. The van der Waals surface area contributed by atoms with Gasteiger partial charge in [-0.15, -0.1) is 11.8 Å². The standard InChI is InChI=1S/C20H30FN5S/c1-6-22-20(23-11-12-27-19-10-8-7-9-18(19)21)24-14(2)13-17-15(3)25-26(5)16(17)4/h7-10,14H,6,11-13H2,1-5H3,(H2,22,23,24). The first-order valence-electron chi connectivity index (χ1n) is 9.33. The molecule has 0 aliphatic rings. The number of benzene rings is 1. The van der Waals surface area contributed by atoms with Gasteiger partial charge in [0.2, 0.25) is 0 Å². The van der Waals surface area contributed by atoms with Gasteiger partial charge in [-0.3, -0.25) is 9.67 Å². The van der Waals surface area contributed by atoms with Crippen LogP contribution >= 0.6 is 11.8 Å². The topological polar surface area (TPSA) is 54.2 Å². The van der Waals surface area contributed by atoms with Crippen molar-refractivity contribution in [3.05, 3.63) is 47.0 Å². The molecule has 0 saturated carbocycles. The van der Waals surface area contributed by atoms with E-state index in [4.69, 9.17) is 0 Å². The van der Waals surface area contributed by atoms with Crippen LogP contribution in [0.15, 0.2) is 34.2 Å². The van der Waals surface area contributed by atoms with Crippen LogP contribution in [0.4, 0.5) is 4.39 Å².